The highest BCUT2D eigenvalue weighted by molar-refractivity contribution is 5.46. The molecule has 0 spiro atoms. The number of fused-ring (bicyclic) bond motifs is 1. The molecule has 2 aromatic rings. The van der Waals surface area contributed by atoms with Crippen LogP contribution in [-0.4, -0.2) is 15.5 Å². The van der Waals surface area contributed by atoms with Gasteiger partial charge in [-0.2, -0.15) is 0 Å². The van der Waals surface area contributed by atoms with Gasteiger partial charge in [-0.15, -0.1) is 0 Å². The van der Waals surface area contributed by atoms with Crippen molar-refractivity contribution in [3.05, 3.63) is 30.2 Å². The van der Waals surface area contributed by atoms with E-state index in [1.54, 1.807) is 0 Å². The highest BCUT2D eigenvalue weighted by atomic mass is 16.5. The van der Waals surface area contributed by atoms with E-state index in [0.717, 1.165) is 11.4 Å². The third-order valence-corrected chi connectivity index (χ3v) is 2.82. The van der Waals surface area contributed by atoms with Crippen molar-refractivity contribution in [2.24, 2.45) is 0 Å². The zero-order chi connectivity index (χ0) is 11.1. The summed E-state index contributed by atoms with van der Waals surface area (Å²) in [5, 5.41) is 0. The smallest absolute Gasteiger partial charge is 0.140 e. The molecule has 2 aromatic heterocycles. The van der Waals surface area contributed by atoms with Crippen LogP contribution in [-0.2, 0) is 0 Å². The Bertz CT molecular complexity index is 512. The molecule has 1 saturated carbocycles. The van der Waals surface area contributed by atoms with Crippen LogP contribution in [0.15, 0.2) is 24.5 Å². The molecule has 0 aromatic carbocycles. The van der Waals surface area contributed by atoms with E-state index in [0.29, 0.717) is 5.92 Å². The molecule has 16 heavy (non-hydrogen) atoms. The molecule has 0 bridgehead atoms. The molecule has 0 saturated heterocycles. The van der Waals surface area contributed by atoms with Crippen molar-refractivity contribution in [3.8, 4) is 5.75 Å². The van der Waals surface area contributed by atoms with Gasteiger partial charge in [0.1, 0.15) is 11.4 Å². The summed E-state index contributed by atoms with van der Waals surface area (Å²) < 4.78 is 7.72. The Kier molecular flexibility index (Phi) is 2.13. The lowest BCUT2D eigenvalue weighted by atomic mass is 10.3. The Morgan fingerprint density at radius 2 is 2.25 bits per heavy atom. The number of ether oxygens (including phenoxy) is 1. The second-order valence-electron chi connectivity index (χ2n) is 4.73. The highest BCUT2D eigenvalue weighted by Crippen LogP contribution is 2.39. The van der Waals surface area contributed by atoms with Gasteiger partial charge in [-0.25, -0.2) is 4.98 Å². The van der Waals surface area contributed by atoms with Crippen molar-refractivity contribution in [2.75, 3.05) is 0 Å². The summed E-state index contributed by atoms with van der Waals surface area (Å²) in [5.41, 5.74) is 2.21. The summed E-state index contributed by atoms with van der Waals surface area (Å²) in [6, 6.07) is 4.00. The fourth-order valence-electron chi connectivity index (χ4n) is 1.90. The standard InChI is InChI=1S/C13H16N2O/c1-9(2)16-11-5-6-15-8-12(10-3-4-10)14-13(15)7-11/h5-10H,3-4H2,1-2H3. The first-order valence-corrected chi connectivity index (χ1v) is 5.87. The molecule has 2 heterocycles. The molecule has 0 unspecified atom stereocenters. The van der Waals surface area contributed by atoms with Crippen molar-refractivity contribution in [2.45, 2.75) is 38.7 Å². The van der Waals surface area contributed by atoms with E-state index >= 15 is 0 Å². The maximum Gasteiger partial charge on any atom is 0.140 e. The van der Waals surface area contributed by atoms with Crippen molar-refractivity contribution >= 4 is 5.65 Å². The normalized spacial score (nSPS) is 15.9. The predicted octanol–water partition coefficient (Wildman–Crippen LogP) is 3.00. The minimum atomic E-state index is 0.209. The van der Waals surface area contributed by atoms with Crippen molar-refractivity contribution in [3.63, 3.8) is 0 Å². The molecule has 1 aliphatic rings. The molecule has 84 valence electrons. The summed E-state index contributed by atoms with van der Waals surface area (Å²) >= 11 is 0. The van der Waals surface area contributed by atoms with E-state index in [-0.39, 0.29) is 6.10 Å². The third-order valence-electron chi connectivity index (χ3n) is 2.82. The van der Waals surface area contributed by atoms with E-state index in [9.17, 15) is 0 Å². The molecule has 1 fully saturated rings. The summed E-state index contributed by atoms with van der Waals surface area (Å²) in [5.74, 6) is 1.60. The first kappa shape index (κ1) is 9.70. The predicted molar refractivity (Wildman–Crippen MR) is 62.9 cm³/mol. The zero-order valence-corrected chi connectivity index (χ0v) is 9.68. The lowest BCUT2D eigenvalue weighted by Gasteiger charge is -2.08. The number of hydrogen-bond donors (Lipinski definition) is 0. The van der Waals surface area contributed by atoms with Crippen LogP contribution in [0.3, 0.4) is 0 Å². The molecule has 1 aliphatic carbocycles. The average molecular weight is 216 g/mol. The SMILES string of the molecule is CC(C)Oc1ccn2cc(C3CC3)nc2c1. The van der Waals surface area contributed by atoms with Gasteiger partial charge in [0.15, 0.2) is 0 Å². The molecular formula is C13H16N2O. The summed E-state index contributed by atoms with van der Waals surface area (Å²) in [4.78, 5) is 4.63. The number of hydrogen-bond acceptors (Lipinski definition) is 2. The second-order valence-corrected chi connectivity index (χ2v) is 4.73. The Balaban J connectivity index is 1.96. The van der Waals surface area contributed by atoms with Crippen LogP contribution in [0.5, 0.6) is 5.75 Å². The molecule has 0 radical (unpaired) electrons. The molecular weight excluding hydrogens is 200 g/mol. The van der Waals surface area contributed by atoms with Crippen LogP contribution < -0.4 is 4.74 Å². The minimum absolute atomic E-state index is 0.209. The Labute approximate surface area is 95.1 Å². The summed E-state index contributed by atoms with van der Waals surface area (Å²) in [7, 11) is 0. The number of aromatic nitrogens is 2. The van der Waals surface area contributed by atoms with Gasteiger partial charge in [0.25, 0.3) is 0 Å². The maximum atomic E-state index is 5.65. The third kappa shape index (κ3) is 1.77. The van der Waals surface area contributed by atoms with Gasteiger partial charge < -0.3 is 9.14 Å². The summed E-state index contributed by atoms with van der Waals surface area (Å²) in [6.45, 7) is 4.07. The first-order chi connectivity index (χ1) is 7.72. The molecule has 0 aliphatic heterocycles. The average Bonchev–Trinajstić information content (AvgIpc) is 2.98. The van der Waals surface area contributed by atoms with E-state index < -0.39 is 0 Å². The fourth-order valence-corrected chi connectivity index (χ4v) is 1.90. The topological polar surface area (TPSA) is 26.5 Å². The van der Waals surface area contributed by atoms with E-state index in [2.05, 4.69) is 15.6 Å². The maximum absolute atomic E-state index is 5.65. The van der Waals surface area contributed by atoms with Crippen LogP contribution >= 0.6 is 0 Å². The van der Waals surface area contributed by atoms with Crippen molar-refractivity contribution in [1.29, 1.82) is 0 Å². The molecule has 0 amide bonds. The van der Waals surface area contributed by atoms with Crippen LogP contribution in [0.4, 0.5) is 0 Å². The van der Waals surface area contributed by atoms with Gasteiger partial charge in [0.2, 0.25) is 0 Å². The van der Waals surface area contributed by atoms with Crippen molar-refractivity contribution < 1.29 is 4.74 Å². The number of imidazole rings is 1. The van der Waals surface area contributed by atoms with Gasteiger partial charge in [-0.1, -0.05) is 0 Å². The molecule has 3 nitrogen and oxygen atoms in total. The largest absolute Gasteiger partial charge is 0.491 e. The highest BCUT2D eigenvalue weighted by Gasteiger charge is 2.26. The van der Waals surface area contributed by atoms with E-state index in [1.165, 1.54) is 18.5 Å². The number of pyridine rings is 1. The monoisotopic (exact) mass is 216 g/mol. The van der Waals surface area contributed by atoms with E-state index in [4.69, 9.17) is 4.74 Å². The van der Waals surface area contributed by atoms with Gasteiger partial charge in [-0.05, 0) is 32.8 Å². The number of rotatable bonds is 3. The number of nitrogens with zero attached hydrogens (tertiary/aromatic N) is 2. The van der Waals surface area contributed by atoms with Crippen LogP contribution in [0.25, 0.3) is 5.65 Å². The lowest BCUT2D eigenvalue weighted by molar-refractivity contribution is 0.242. The van der Waals surface area contributed by atoms with Crippen molar-refractivity contribution in [1.82, 2.24) is 9.38 Å². The quantitative estimate of drug-likeness (QED) is 0.788. The molecule has 0 N–H and O–H groups in total. The molecule has 0 atom stereocenters. The van der Waals surface area contributed by atoms with Crippen LogP contribution in [0.2, 0.25) is 0 Å². The van der Waals surface area contributed by atoms with E-state index in [1.807, 2.05) is 32.2 Å². The second kappa shape index (κ2) is 3.51. The van der Waals surface area contributed by atoms with Gasteiger partial charge >= 0.3 is 0 Å². The van der Waals surface area contributed by atoms with Gasteiger partial charge in [0.05, 0.1) is 11.8 Å². The zero-order valence-electron chi connectivity index (χ0n) is 9.68. The van der Waals surface area contributed by atoms with Gasteiger partial charge in [0, 0.05) is 24.4 Å². The van der Waals surface area contributed by atoms with Crippen LogP contribution in [0.1, 0.15) is 38.3 Å². The first-order valence-electron chi connectivity index (χ1n) is 5.87. The molecule has 3 heteroatoms. The fraction of sp³-hybridized carbons (Fsp3) is 0.462. The Hall–Kier alpha value is -1.51. The Morgan fingerprint density at radius 3 is 2.94 bits per heavy atom. The van der Waals surface area contributed by atoms with Gasteiger partial charge in [-0.3, -0.25) is 0 Å². The van der Waals surface area contributed by atoms with Crippen LogP contribution in [0, 0.1) is 0 Å². The minimum Gasteiger partial charge on any atom is -0.491 e. The summed E-state index contributed by atoms with van der Waals surface area (Å²) in [6.07, 6.45) is 6.94. The lowest BCUT2D eigenvalue weighted by Crippen LogP contribution is -2.05. The Morgan fingerprint density at radius 1 is 1.44 bits per heavy atom. The molecule has 3 rings (SSSR count).